The van der Waals surface area contributed by atoms with E-state index in [1.807, 2.05) is 21.8 Å². The Morgan fingerprint density at radius 2 is 2.04 bits per heavy atom. The number of pyridine rings is 1. The van der Waals surface area contributed by atoms with Crippen molar-refractivity contribution in [2.24, 2.45) is 13.0 Å². The fourth-order valence-corrected chi connectivity index (χ4v) is 3.95. The second-order valence-corrected chi connectivity index (χ2v) is 7.10. The van der Waals surface area contributed by atoms with Crippen molar-refractivity contribution in [1.82, 2.24) is 24.2 Å². The van der Waals surface area contributed by atoms with Crippen LogP contribution in [-0.4, -0.2) is 43.2 Å². The van der Waals surface area contributed by atoms with Gasteiger partial charge in [0.2, 0.25) is 5.91 Å². The SMILES string of the molecule is Cn1ccc(C2CCN(C(=O)C3CCc4ncnn4C3)CC2)cc1=O. The molecule has 7 nitrogen and oxygen atoms in total. The minimum Gasteiger partial charge on any atom is -0.342 e. The first-order valence-electron chi connectivity index (χ1n) is 8.94. The molecule has 1 fully saturated rings. The number of hydrogen-bond donors (Lipinski definition) is 0. The molecule has 4 heterocycles. The van der Waals surface area contributed by atoms with Gasteiger partial charge in [0, 0.05) is 38.8 Å². The van der Waals surface area contributed by atoms with Gasteiger partial charge in [0.1, 0.15) is 12.2 Å². The van der Waals surface area contributed by atoms with Gasteiger partial charge in [-0.25, -0.2) is 9.67 Å². The Kier molecular flexibility index (Phi) is 4.15. The van der Waals surface area contributed by atoms with Crippen LogP contribution in [0.1, 0.15) is 36.6 Å². The lowest BCUT2D eigenvalue weighted by Gasteiger charge is -2.35. The second-order valence-electron chi connectivity index (χ2n) is 7.10. The molecule has 0 saturated carbocycles. The molecule has 2 aromatic rings. The predicted molar refractivity (Wildman–Crippen MR) is 92.1 cm³/mol. The number of carbonyl (C=O) groups excluding carboxylic acids is 1. The van der Waals surface area contributed by atoms with E-state index in [9.17, 15) is 9.59 Å². The van der Waals surface area contributed by atoms with Crippen molar-refractivity contribution in [2.75, 3.05) is 13.1 Å². The molecule has 0 bridgehead atoms. The number of carbonyl (C=O) groups is 1. The smallest absolute Gasteiger partial charge is 0.250 e. The third-order valence-corrected chi connectivity index (χ3v) is 5.56. The molecule has 0 radical (unpaired) electrons. The zero-order valence-electron chi connectivity index (χ0n) is 14.5. The van der Waals surface area contributed by atoms with Crippen LogP contribution >= 0.6 is 0 Å². The summed E-state index contributed by atoms with van der Waals surface area (Å²) >= 11 is 0. The van der Waals surface area contributed by atoms with Crippen molar-refractivity contribution in [3.63, 3.8) is 0 Å². The van der Waals surface area contributed by atoms with E-state index in [1.165, 1.54) is 0 Å². The first kappa shape index (κ1) is 16.1. The van der Waals surface area contributed by atoms with Gasteiger partial charge in [-0.2, -0.15) is 5.10 Å². The first-order chi connectivity index (χ1) is 12.1. The van der Waals surface area contributed by atoms with Crippen molar-refractivity contribution in [1.29, 1.82) is 0 Å². The number of nitrogens with zero attached hydrogens (tertiary/aromatic N) is 5. The molecular formula is C18H23N5O2. The molecule has 1 unspecified atom stereocenters. The number of amides is 1. The third-order valence-electron chi connectivity index (χ3n) is 5.56. The fraction of sp³-hybridized carbons (Fsp3) is 0.556. The highest BCUT2D eigenvalue weighted by molar-refractivity contribution is 5.79. The molecule has 7 heteroatoms. The summed E-state index contributed by atoms with van der Waals surface area (Å²) in [7, 11) is 1.76. The quantitative estimate of drug-likeness (QED) is 0.815. The van der Waals surface area contributed by atoms with E-state index in [4.69, 9.17) is 0 Å². The lowest BCUT2D eigenvalue weighted by molar-refractivity contribution is -0.137. The van der Waals surface area contributed by atoms with Gasteiger partial charge in [-0.1, -0.05) is 0 Å². The van der Waals surface area contributed by atoms with Crippen LogP contribution in [0.25, 0.3) is 0 Å². The predicted octanol–water partition coefficient (Wildman–Crippen LogP) is 0.945. The monoisotopic (exact) mass is 341 g/mol. The molecule has 2 aliphatic rings. The highest BCUT2D eigenvalue weighted by Gasteiger charge is 2.31. The lowest BCUT2D eigenvalue weighted by atomic mass is 9.89. The first-order valence-corrected chi connectivity index (χ1v) is 8.94. The molecular weight excluding hydrogens is 318 g/mol. The van der Waals surface area contributed by atoms with E-state index in [1.54, 1.807) is 24.0 Å². The summed E-state index contributed by atoms with van der Waals surface area (Å²) in [5.41, 5.74) is 1.13. The zero-order valence-corrected chi connectivity index (χ0v) is 14.5. The van der Waals surface area contributed by atoms with Crippen LogP contribution in [0.2, 0.25) is 0 Å². The van der Waals surface area contributed by atoms with Gasteiger partial charge in [-0.15, -0.1) is 0 Å². The Bertz CT molecular complexity index is 832. The summed E-state index contributed by atoms with van der Waals surface area (Å²) in [6.07, 6.45) is 6.90. The summed E-state index contributed by atoms with van der Waals surface area (Å²) in [5, 5.41) is 4.20. The third kappa shape index (κ3) is 3.10. The normalized spacial score (nSPS) is 21.2. The average Bonchev–Trinajstić information content (AvgIpc) is 3.11. The maximum atomic E-state index is 12.8. The Morgan fingerprint density at radius 1 is 1.24 bits per heavy atom. The number of aryl methyl sites for hydroxylation is 2. The zero-order chi connectivity index (χ0) is 17.4. The number of fused-ring (bicyclic) bond motifs is 1. The Morgan fingerprint density at radius 3 is 2.80 bits per heavy atom. The van der Waals surface area contributed by atoms with Gasteiger partial charge in [0.15, 0.2) is 0 Å². The van der Waals surface area contributed by atoms with Gasteiger partial charge < -0.3 is 9.47 Å². The van der Waals surface area contributed by atoms with Crippen molar-refractivity contribution in [2.45, 2.75) is 38.1 Å². The molecule has 2 aliphatic heterocycles. The standard InChI is InChI=1S/C18H23N5O2/c1-21-7-4-14(10-17(21)24)13-5-8-22(9-6-13)18(25)15-2-3-16-19-12-20-23(16)11-15/h4,7,10,12-13,15H,2-3,5-6,8-9,11H2,1H3. The molecule has 1 atom stereocenters. The van der Waals surface area contributed by atoms with E-state index in [0.29, 0.717) is 12.5 Å². The van der Waals surface area contributed by atoms with E-state index >= 15 is 0 Å². The highest BCUT2D eigenvalue weighted by Crippen LogP contribution is 2.29. The van der Waals surface area contributed by atoms with Gasteiger partial charge >= 0.3 is 0 Å². The number of rotatable bonds is 2. The Hall–Kier alpha value is -2.44. The molecule has 0 aliphatic carbocycles. The van der Waals surface area contributed by atoms with E-state index in [0.717, 1.165) is 50.2 Å². The van der Waals surface area contributed by atoms with Gasteiger partial charge in [-0.3, -0.25) is 9.59 Å². The van der Waals surface area contributed by atoms with Crippen molar-refractivity contribution in [3.05, 3.63) is 46.4 Å². The summed E-state index contributed by atoms with van der Waals surface area (Å²) < 4.78 is 3.45. The largest absolute Gasteiger partial charge is 0.342 e. The van der Waals surface area contributed by atoms with Crippen molar-refractivity contribution in [3.8, 4) is 0 Å². The molecule has 1 saturated heterocycles. The number of hydrogen-bond acceptors (Lipinski definition) is 4. The molecule has 2 aromatic heterocycles. The average molecular weight is 341 g/mol. The molecule has 0 aromatic carbocycles. The fourth-order valence-electron chi connectivity index (χ4n) is 3.95. The van der Waals surface area contributed by atoms with Crippen LogP contribution in [0.5, 0.6) is 0 Å². The molecule has 0 N–H and O–H groups in total. The molecule has 1 amide bonds. The summed E-state index contributed by atoms with van der Waals surface area (Å²) in [6.45, 7) is 2.17. The van der Waals surface area contributed by atoms with Crippen LogP contribution in [0.3, 0.4) is 0 Å². The summed E-state index contributed by atoms with van der Waals surface area (Å²) in [5.74, 6) is 1.60. The van der Waals surface area contributed by atoms with Crippen molar-refractivity contribution < 1.29 is 4.79 Å². The molecule has 132 valence electrons. The number of aromatic nitrogens is 4. The molecule has 25 heavy (non-hydrogen) atoms. The van der Waals surface area contributed by atoms with Crippen molar-refractivity contribution >= 4 is 5.91 Å². The maximum absolute atomic E-state index is 12.8. The van der Waals surface area contributed by atoms with Crippen LogP contribution in [0, 0.1) is 5.92 Å². The Labute approximate surface area is 146 Å². The van der Waals surface area contributed by atoms with E-state index in [-0.39, 0.29) is 17.4 Å². The lowest BCUT2D eigenvalue weighted by Crippen LogP contribution is -2.43. The highest BCUT2D eigenvalue weighted by atomic mass is 16.2. The molecule has 0 spiro atoms. The summed E-state index contributed by atoms with van der Waals surface area (Å²) in [4.78, 5) is 30.9. The van der Waals surface area contributed by atoms with E-state index in [2.05, 4.69) is 10.1 Å². The van der Waals surface area contributed by atoms with Gasteiger partial charge in [-0.05, 0) is 36.8 Å². The minimum absolute atomic E-state index is 0.00905. The number of piperidine rings is 1. The van der Waals surface area contributed by atoms with Crippen LogP contribution in [-0.2, 0) is 24.8 Å². The van der Waals surface area contributed by atoms with Gasteiger partial charge in [0.25, 0.3) is 5.56 Å². The summed E-state index contributed by atoms with van der Waals surface area (Å²) in [6, 6.07) is 3.76. The second kappa shape index (κ2) is 6.46. The minimum atomic E-state index is 0.00905. The van der Waals surface area contributed by atoms with Crippen LogP contribution in [0.4, 0.5) is 0 Å². The van der Waals surface area contributed by atoms with E-state index < -0.39 is 0 Å². The van der Waals surface area contributed by atoms with Gasteiger partial charge in [0.05, 0.1) is 12.5 Å². The molecule has 4 rings (SSSR count). The number of likely N-dealkylation sites (tertiary alicyclic amines) is 1. The van der Waals surface area contributed by atoms with Crippen LogP contribution < -0.4 is 5.56 Å². The Balaban J connectivity index is 1.38. The van der Waals surface area contributed by atoms with Crippen LogP contribution in [0.15, 0.2) is 29.5 Å². The topological polar surface area (TPSA) is 73.0 Å². The maximum Gasteiger partial charge on any atom is 0.250 e.